The molecule has 142 valence electrons. The Labute approximate surface area is 173 Å². The van der Waals surface area contributed by atoms with E-state index >= 15 is 0 Å². The van der Waals surface area contributed by atoms with Gasteiger partial charge in [0.1, 0.15) is 0 Å². The number of nitrogens with one attached hydrogen (secondary N) is 1. The van der Waals surface area contributed by atoms with Gasteiger partial charge < -0.3 is 0 Å². The normalized spacial score (nSPS) is 12.1. The first kappa shape index (κ1) is 19.9. The van der Waals surface area contributed by atoms with Crippen molar-refractivity contribution in [1.82, 2.24) is 4.98 Å². The molecule has 0 saturated carbocycles. The highest BCUT2D eigenvalue weighted by Crippen LogP contribution is 2.30. The molecule has 3 rings (SSSR count). The van der Waals surface area contributed by atoms with Crippen molar-refractivity contribution in [3.05, 3.63) is 52.5 Å². The van der Waals surface area contributed by atoms with Crippen LogP contribution in [0.15, 0.2) is 42.5 Å². The molecule has 0 aliphatic heterocycles. The van der Waals surface area contributed by atoms with Crippen LogP contribution in [0.1, 0.15) is 26.7 Å². The number of halogens is 2. The molecule has 0 spiro atoms. The molecule has 1 heterocycles. The number of carbonyl (C=O) groups excluding carboxylic acids is 1. The highest BCUT2D eigenvalue weighted by atomic mass is 35.5. The number of urea groups is 1. The van der Waals surface area contributed by atoms with Crippen LogP contribution in [0.25, 0.3) is 10.2 Å². The zero-order valence-corrected chi connectivity index (χ0v) is 17.5. The number of hydrogen-bond acceptors (Lipinski definition) is 3. The second-order valence-corrected chi connectivity index (χ2v) is 8.36. The lowest BCUT2D eigenvalue weighted by molar-refractivity contribution is 0.255. The monoisotopic (exact) mass is 421 g/mol. The predicted octanol–water partition coefficient (Wildman–Crippen LogP) is 7.08. The lowest BCUT2D eigenvalue weighted by Crippen LogP contribution is -2.38. The predicted molar refractivity (Wildman–Crippen MR) is 117 cm³/mol. The number of carbonyl (C=O) groups is 1. The molecule has 0 aliphatic carbocycles. The molecule has 27 heavy (non-hydrogen) atoms. The summed E-state index contributed by atoms with van der Waals surface area (Å²) in [6, 6.07) is 12.8. The van der Waals surface area contributed by atoms with Crippen molar-refractivity contribution in [2.24, 2.45) is 5.92 Å². The fourth-order valence-electron chi connectivity index (χ4n) is 2.94. The molecule has 4 nitrogen and oxygen atoms in total. The summed E-state index contributed by atoms with van der Waals surface area (Å²) < 4.78 is 1.04. The molecule has 0 radical (unpaired) electrons. The van der Waals surface area contributed by atoms with Crippen LogP contribution in [0.3, 0.4) is 0 Å². The summed E-state index contributed by atoms with van der Waals surface area (Å²) in [6.07, 6.45) is 2.10. The van der Waals surface area contributed by atoms with Crippen molar-refractivity contribution in [2.75, 3.05) is 16.8 Å². The van der Waals surface area contributed by atoms with Gasteiger partial charge in [0, 0.05) is 12.2 Å². The number of anilines is 2. The molecule has 0 bridgehead atoms. The van der Waals surface area contributed by atoms with Crippen molar-refractivity contribution in [2.45, 2.75) is 26.7 Å². The third kappa shape index (κ3) is 4.92. The third-order valence-corrected chi connectivity index (χ3v) is 5.93. The Kier molecular flexibility index (Phi) is 6.58. The molecule has 1 atom stereocenters. The summed E-state index contributed by atoms with van der Waals surface area (Å²) in [5.74, 6) is 0.352. The topological polar surface area (TPSA) is 45.2 Å². The first-order chi connectivity index (χ1) is 13.0. The number of nitrogens with zero attached hydrogens (tertiary/aromatic N) is 2. The first-order valence-corrected chi connectivity index (χ1v) is 10.4. The van der Waals surface area contributed by atoms with Gasteiger partial charge in [-0.2, -0.15) is 0 Å². The van der Waals surface area contributed by atoms with E-state index in [1.165, 1.54) is 11.3 Å². The Morgan fingerprint density at radius 3 is 2.70 bits per heavy atom. The van der Waals surface area contributed by atoms with Crippen LogP contribution in [0.2, 0.25) is 10.0 Å². The maximum Gasteiger partial charge on any atom is 0.328 e. The van der Waals surface area contributed by atoms with Gasteiger partial charge in [-0.05, 0) is 42.7 Å². The maximum atomic E-state index is 13.0. The van der Waals surface area contributed by atoms with Crippen molar-refractivity contribution in [1.29, 1.82) is 0 Å². The van der Waals surface area contributed by atoms with Crippen LogP contribution in [0, 0.1) is 5.92 Å². The van der Waals surface area contributed by atoms with Gasteiger partial charge in [-0.25, -0.2) is 9.78 Å². The van der Waals surface area contributed by atoms with E-state index in [2.05, 4.69) is 24.1 Å². The first-order valence-electron chi connectivity index (χ1n) is 8.87. The summed E-state index contributed by atoms with van der Waals surface area (Å²) in [4.78, 5) is 19.2. The Balaban J connectivity index is 1.85. The lowest BCUT2D eigenvalue weighted by atomic mass is 10.1. The summed E-state index contributed by atoms with van der Waals surface area (Å²) >= 11 is 13.7. The molecule has 0 saturated heterocycles. The minimum Gasteiger partial charge on any atom is -0.294 e. The second kappa shape index (κ2) is 8.91. The number of para-hydroxylation sites is 1. The lowest BCUT2D eigenvalue weighted by Gasteiger charge is -2.26. The van der Waals surface area contributed by atoms with Gasteiger partial charge in [0.15, 0.2) is 5.13 Å². The number of rotatable bonds is 6. The molecule has 2 aromatic carbocycles. The van der Waals surface area contributed by atoms with Gasteiger partial charge in [0.05, 0.1) is 20.3 Å². The zero-order valence-electron chi connectivity index (χ0n) is 15.2. The quantitative estimate of drug-likeness (QED) is 0.461. The van der Waals surface area contributed by atoms with E-state index in [0.29, 0.717) is 33.3 Å². The molecular weight excluding hydrogens is 401 g/mol. The van der Waals surface area contributed by atoms with Crippen LogP contribution in [-0.4, -0.2) is 17.6 Å². The second-order valence-electron chi connectivity index (χ2n) is 6.52. The largest absolute Gasteiger partial charge is 0.328 e. The van der Waals surface area contributed by atoms with E-state index in [4.69, 9.17) is 23.2 Å². The fourth-order valence-corrected chi connectivity index (χ4v) is 4.09. The highest BCUT2D eigenvalue weighted by Gasteiger charge is 2.20. The van der Waals surface area contributed by atoms with E-state index in [-0.39, 0.29) is 6.03 Å². The number of hydrogen-bond donors (Lipinski definition) is 1. The standard InChI is InChI=1S/C20H21Cl2N3OS/c1-3-6-13(2)12-25(14-9-10-15(21)16(22)11-14)20(26)24-19-23-17-7-4-5-8-18(17)27-19/h4-5,7-11,13H,3,6,12H2,1-2H3,(H,23,24,26). The highest BCUT2D eigenvalue weighted by molar-refractivity contribution is 7.22. The molecular formula is C20H21Cl2N3OS. The van der Waals surface area contributed by atoms with Gasteiger partial charge in [-0.1, -0.05) is 66.9 Å². The van der Waals surface area contributed by atoms with Gasteiger partial charge in [0.2, 0.25) is 0 Å². The number of aromatic nitrogens is 1. The van der Waals surface area contributed by atoms with Crippen LogP contribution in [0.5, 0.6) is 0 Å². The van der Waals surface area contributed by atoms with Crippen LogP contribution < -0.4 is 10.2 Å². The fraction of sp³-hybridized carbons (Fsp3) is 0.300. The number of amides is 2. The smallest absolute Gasteiger partial charge is 0.294 e. The Morgan fingerprint density at radius 2 is 2.00 bits per heavy atom. The molecule has 0 aliphatic rings. The molecule has 1 N–H and O–H groups in total. The Morgan fingerprint density at radius 1 is 1.22 bits per heavy atom. The van der Waals surface area contributed by atoms with Gasteiger partial charge >= 0.3 is 6.03 Å². The average molecular weight is 422 g/mol. The van der Waals surface area contributed by atoms with Crippen molar-refractivity contribution in [3.8, 4) is 0 Å². The summed E-state index contributed by atoms with van der Waals surface area (Å²) in [7, 11) is 0. The number of thiazole rings is 1. The van der Waals surface area contributed by atoms with Crippen molar-refractivity contribution < 1.29 is 4.79 Å². The van der Waals surface area contributed by atoms with E-state index in [0.717, 1.165) is 23.1 Å². The van der Waals surface area contributed by atoms with Gasteiger partial charge in [-0.15, -0.1) is 0 Å². The van der Waals surface area contributed by atoms with E-state index in [9.17, 15) is 4.79 Å². The molecule has 2 amide bonds. The van der Waals surface area contributed by atoms with E-state index in [1.807, 2.05) is 30.3 Å². The molecule has 1 aromatic heterocycles. The van der Waals surface area contributed by atoms with Gasteiger partial charge in [0.25, 0.3) is 0 Å². The van der Waals surface area contributed by atoms with Crippen molar-refractivity contribution in [3.63, 3.8) is 0 Å². The van der Waals surface area contributed by atoms with Crippen LogP contribution in [-0.2, 0) is 0 Å². The average Bonchev–Trinajstić information content (AvgIpc) is 3.04. The molecule has 0 fully saturated rings. The van der Waals surface area contributed by atoms with E-state index < -0.39 is 0 Å². The van der Waals surface area contributed by atoms with Crippen LogP contribution >= 0.6 is 34.5 Å². The Bertz CT molecular complexity index is 911. The number of benzene rings is 2. The maximum absolute atomic E-state index is 13.0. The zero-order chi connectivity index (χ0) is 19.4. The van der Waals surface area contributed by atoms with E-state index in [1.54, 1.807) is 17.0 Å². The SMILES string of the molecule is CCCC(C)CN(C(=O)Nc1nc2ccccc2s1)c1ccc(Cl)c(Cl)c1. The van der Waals surface area contributed by atoms with Crippen molar-refractivity contribution >= 4 is 61.6 Å². The minimum atomic E-state index is -0.226. The molecule has 1 unspecified atom stereocenters. The van der Waals surface area contributed by atoms with Crippen LogP contribution in [0.4, 0.5) is 15.6 Å². The molecule has 3 aromatic rings. The minimum absolute atomic E-state index is 0.226. The third-order valence-electron chi connectivity index (χ3n) is 4.24. The molecule has 7 heteroatoms. The summed E-state index contributed by atoms with van der Waals surface area (Å²) in [5, 5.41) is 4.40. The number of fused-ring (bicyclic) bond motifs is 1. The summed E-state index contributed by atoms with van der Waals surface area (Å²) in [6.45, 7) is 4.86. The van der Waals surface area contributed by atoms with Gasteiger partial charge in [-0.3, -0.25) is 10.2 Å². The summed E-state index contributed by atoms with van der Waals surface area (Å²) in [5.41, 5.74) is 1.59. The Hall–Kier alpha value is -1.82.